The van der Waals surface area contributed by atoms with Crippen molar-refractivity contribution in [2.75, 3.05) is 26.4 Å². The molecule has 1 aromatic carbocycles. The van der Waals surface area contributed by atoms with Gasteiger partial charge in [-0.1, -0.05) is 0 Å². The van der Waals surface area contributed by atoms with Crippen LogP contribution in [0.1, 0.15) is 26.3 Å². The van der Waals surface area contributed by atoms with Gasteiger partial charge in [0.15, 0.2) is 0 Å². The summed E-state index contributed by atoms with van der Waals surface area (Å²) in [5.41, 5.74) is 0.807. The van der Waals surface area contributed by atoms with E-state index >= 15 is 0 Å². The van der Waals surface area contributed by atoms with Gasteiger partial charge in [0.25, 0.3) is 0 Å². The van der Waals surface area contributed by atoms with E-state index < -0.39 is 11.9 Å². The van der Waals surface area contributed by atoms with E-state index in [1.807, 2.05) is 0 Å². The number of carboxylic acid groups (broad SMARTS) is 2. The summed E-state index contributed by atoms with van der Waals surface area (Å²) < 4.78 is 5.20. The SMILES string of the molecule is O=C(O)c1ccc(C(=O)O)c(CCN2CCOC2)c1. The highest BCUT2D eigenvalue weighted by Gasteiger charge is 2.16. The molecule has 0 saturated carbocycles. The lowest BCUT2D eigenvalue weighted by Crippen LogP contribution is -2.23. The van der Waals surface area contributed by atoms with Crippen molar-refractivity contribution >= 4 is 11.9 Å². The minimum atomic E-state index is -1.05. The van der Waals surface area contributed by atoms with Crippen LogP contribution >= 0.6 is 0 Å². The first-order chi connectivity index (χ1) is 9.08. The maximum Gasteiger partial charge on any atom is 0.335 e. The topological polar surface area (TPSA) is 87.1 Å². The number of hydrogen-bond acceptors (Lipinski definition) is 4. The normalized spacial score (nSPS) is 15.6. The molecule has 6 heteroatoms. The highest BCUT2D eigenvalue weighted by molar-refractivity contribution is 5.93. The lowest BCUT2D eigenvalue weighted by atomic mass is 10.0. The Morgan fingerprint density at radius 1 is 1.26 bits per heavy atom. The third kappa shape index (κ3) is 3.30. The zero-order chi connectivity index (χ0) is 13.8. The average molecular weight is 265 g/mol. The van der Waals surface area contributed by atoms with Gasteiger partial charge in [-0.2, -0.15) is 0 Å². The van der Waals surface area contributed by atoms with Crippen LogP contribution in [0.3, 0.4) is 0 Å². The molecule has 1 aromatic rings. The summed E-state index contributed by atoms with van der Waals surface area (Å²) in [6, 6.07) is 4.10. The van der Waals surface area contributed by atoms with Crippen molar-refractivity contribution in [3.8, 4) is 0 Å². The number of nitrogens with zero attached hydrogens (tertiary/aromatic N) is 1. The number of carboxylic acids is 2. The zero-order valence-corrected chi connectivity index (χ0v) is 10.3. The number of hydrogen-bond donors (Lipinski definition) is 2. The van der Waals surface area contributed by atoms with Gasteiger partial charge >= 0.3 is 11.9 Å². The van der Waals surface area contributed by atoms with Gasteiger partial charge in [0.05, 0.1) is 24.5 Å². The first-order valence-corrected chi connectivity index (χ1v) is 5.97. The zero-order valence-electron chi connectivity index (χ0n) is 10.3. The van der Waals surface area contributed by atoms with E-state index in [1.165, 1.54) is 18.2 Å². The largest absolute Gasteiger partial charge is 0.478 e. The van der Waals surface area contributed by atoms with Crippen molar-refractivity contribution in [3.63, 3.8) is 0 Å². The predicted octanol–water partition coefficient (Wildman–Crippen LogP) is 0.915. The summed E-state index contributed by atoms with van der Waals surface area (Å²) in [6.07, 6.45) is 0.492. The molecule has 19 heavy (non-hydrogen) atoms. The summed E-state index contributed by atoms with van der Waals surface area (Å²) in [6.45, 7) is 2.70. The van der Waals surface area contributed by atoms with Crippen LogP contribution in [0.25, 0.3) is 0 Å². The molecule has 0 unspecified atom stereocenters. The summed E-state index contributed by atoms with van der Waals surface area (Å²) in [7, 11) is 0. The van der Waals surface area contributed by atoms with E-state index in [9.17, 15) is 9.59 Å². The quantitative estimate of drug-likeness (QED) is 0.823. The highest BCUT2D eigenvalue weighted by atomic mass is 16.5. The molecule has 0 atom stereocenters. The Kier molecular flexibility index (Phi) is 4.13. The Hall–Kier alpha value is -1.92. The fourth-order valence-corrected chi connectivity index (χ4v) is 2.05. The highest BCUT2D eigenvalue weighted by Crippen LogP contribution is 2.14. The van der Waals surface area contributed by atoms with Crippen LogP contribution in [0.15, 0.2) is 18.2 Å². The summed E-state index contributed by atoms with van der Waals surface area (Å²) in [5.74, 6) is -2.09. The van der Waals surface area contributed by atoms with E-state index in [4.69, 9.17) is 14.9 Å². The summed E-state index contributed by atoms with van der Waals surface area (Å²) in [5, 5.41) is 18.0. The van der Waals surface area contributed by atoms with Crippen molar-refractivity contribution in [2.45, 2.75) is 6.42 Å². The first kappa shape index (κ1) is 13.5. The molecule has 0 aliphatic carbocycles. The van der Waals surface area contributed by atoms with Crippen LogP contribution in [0.5, 0.6) is 0 Å². The predicted molar refractivity (Wildman–Crippen MR) is 66.5 cm³/mol. The molecular formula is C13H15NO5. The van der Waals surface area contributed by atoms with Crippen LogP contribution < -0.4 is 0 Å². The molecule has 0 spiro atoms. The molecule has 0 radical (unpaired) electrons. The van der Waals surface area contributed by atoms with Crippen molar-refractivity contribution in [1.29, 1.82) is 0 Å². The first-order valence-electron chi connectivity index (χ1n) is 5.97. The Labute approximate surface area is 110 Å². The van der Waals surface area contributed by atoms with E-state index in [1.54, 1.807) is 0 Å². The minimum absolute atomic E-state index is 0.109. The molecule has 6 nitrogen and oxygen atoms in total. The van der Waals surface area contributed by atoms with Gasteiger partial charge in [0, 0.05) is 13.1 Å². The van der Waals surface area contributed by atoms with Crippen molar-refractivity contribution in [3.05, 3.63) is 34.9 Å². The third-order valence-corrected chi connectivity index (χ3v) is 3.11. The Balaban J connectivity index is 2.16. The Bertz CT molecular complexity index is 494. The lowest BCUT2D eigenvalue weighted by Gasteiger charge is -2.14. The van der Waals surface area contributed by atoms with Gasteiger partial charge in [-0.3, -0.25) is 4.90 Å². The molecule has 1 aliphatic rings. The molecular weight excluding hydrogens is 250 g/mol. The fourth-order valence-electron chi connectivity index (χ4n) is 2.05. The molecule has 0 bridgehead atoms. The smallest absolute Gasteiger partial charge is 0.335 e. The standard InChI is InChI=1S/C13H15NO5/c15-12(16)10-1-2-11(13(17)18)9(7-10)3-4-14-5-6-19-8-14/h1-2,7H,3-6,8H2,(H,15,16)(H,17,18). The van der Waals surface area contributed by atoms with E-state index in [2.05, 4.69) is 4.90 Å². The maximum atomic E-state index is 11.1. The Morgan fingerprint density at radius 2 is 2.05 bits per heavy atom. The fraction of sp³-hybridized carbons (Fsp3) is 0.385. The number of rotatable bonds is 5. The molecule has 0 amide bonds. The molecule has 1 fully saturated rings. The number of aromatic carboxylic acids is 2. The van der Waals surface area contributed by atoms with Gasteiger partial charge < -0.3 is 14.9 Å². The number of ether oxygens (including phenoxy) is 1. The van der Waals surface area contributed by atoms with Crippen LogP contribution in [-0.4, -0.2) is 53.5 Å². The van der Waals surface area contributed by atoms with Gasteiger partial charge in [-0.15, -0.1) is 0 Å². The second kappa shape index (κ2) is 5.81. The van der Waals surface area contributed by atoms with Crippen molar-refractivity contribution < 1.29 is 24.5 Å². The van der Waals surface area contributed by atoms with Crippen molar-refractivity contribution in [2.24, 2.45) is 0 Å². The Morgan fingerprint density at radius 3 is 2.63 bits per heavy atom. The number of carbonyl (C=O) groups is 2. The van der Waals surface area contributed by atoms with Crippen LogP contribution in [0.2, 0.25) is 0 Å². The minimum Gasteiger partial charge on any atom is -0.478 e. The molecule has 0 aromatic heterocycles. The molecule has 1 saturated heterocycles. The van der Waals surface area contributed by atoms with Crippen LogP contribution in [0, 0.1) is 0 Å². The van der Waals surface area contributed by atoms with Crippen LogP contribution in [0.4, 0.5) is 0 Å². The second-order valence-electron chi connectivity index (χ2n) is 4.39. The number of benzene rings is 1. The molecule has 2 rings (SSSR count). The summed E-state index contributed by atoms with van der Waals surface area (Å²) in [4.78, 5) is 24.1. The third-order valence-electron chi connectivity index (χ3n) is 3.11. The van der Waals surface area contributed by atoms with Gasteiger partial charge in [0.1, 0.15) is 0 Å². The summed E-state index contributed by atoms with van der Waals surface area (Å²) >= 11 is 0. The molecule has 1 aliphatic heterocycles. The van der Waals surface area contributed by atoms with Gasteiger partial charge in [-0.05, 0) is 30.2 Å². The lowest BCUT2D eigenvalue weighted by molar-refractivity contribution is 0.0680. The van der Waals surface area contributed by atoms with Gasteiger partial charge in [-0.25, -0.2) is 9.59 Å². The second-order valence-corrected chi connectivity index (χ2v) is 4.39. The maximum absolute atomic E-state index is 11.1. The van der Waals surface area contributed by atoms with Crippen LogP contribution in [-0.2, 0) is 11.2 Å². The van der Waals surface area contributed by atoms with E-state index in [0.717, 1.165) is 6.54 Å². The van der Waals surface area contributed by atoms with Crippen molar-refractivity contribution in [1.82, 2.24) is 4.90 Å². The molecule has 2 N–H and O–H groups in total. The van der Waals surface area contributed by atoms with Gasteiger partial charge in [0.2, 0.25) is 0 Å². The monoisotopic (exact) mass is 265 g/mol. The molecule has 1 heterocycles. The van der Waals surface area contributed by atoms with E-state index in [-0.39, 0.29) is 11.1 Å². The average Bonchev–Trinajstić information content (AvgIpc) is 2.88. The van der Waals surface area contributed by atoms with E-state index in [0.29, 0.717) is 31.9 Å². The molecule has 102 valence electrons.